The molecule has 0 saturated heterocycles. The Balaban J connectivity index is 2.01. The molecule has 0 fully saturated rings. The molecule has 21 heavy (non-hydrogen) atoms. The van der Waals surface area contributed by atoms with Gasteiger partial charge >= 0.3 is 6.18 Å². The Morgan fingerprint density at radius 2 is 2.00 bits per heavy atom. The van der Waals surface area contributed by atoms with E-state index in [-0.39, 0.29) is 0 Å². The molecule has 108 valence electrons. The van der Waals surface area contributed by atoms with Crippen molar-refractivity contribution in [3.8, 4) is 0 Å². The highest BCUT2D eigenvalue weighted by Gasteiger charge is 2.32. The predicted octanol–water partition coefficient (Wildman–Crippen LogP) is 3.82. The summed E-state index contributed by atoms with van der Waals surface area (Å²) < 4.78 is 38.2. The molecule has 3 rings (SSSR count). The van der Waals surface area contributed by atoms with Crippen LogP contribution in [0, 0.1) is 0 Å². The zero-order valence-electron chi connectivity index (χ0n) is 11.2. The number of halogens is 3. The van der Waals surface area contributed by atoms with Crippen molar-refractivity contribution in [2.24, 2.45) is 4.99 Å². The highest BCUT2D eigenvalue weighted by Crippen LogP contribution is 2.36. The van der Waals surface area contributed by atoms with Crippen LogP contribution in [-0.2, 0) is 12.6 Å². The van der Waals surface area contributed by atoms with Gasteiger partial charge in [-0.25, -0.2) is 0 Å². The van der Waals surface area contributed by atoms with Gasteiger partial charge < -0.3 is 5.32 Å². The third kappa shape index (κ3) is 2.49. The highest BCUT2D eigenvalue weighted by atomic mass is 19.4. The third-order valence-electron chi connectivity index (χ3n) is 3.43. The molecule has 0 amide bonds. The topological polar surface area (TPSA) is 37.3 Å². The lowest BCUT2D eigenvalue weighted by Gasteiger charge is -2.07. The van der Waals surface area contributed by atoms with Crippen molar-refractivity contribution in [3.05, 3.63) is 53.3 Å². The molecule has 0 unspecified atom stereocenters. The van der Waals surface area contributed by atoms with E-state index >= 15 is 0 Å². The number of alkyl halides is 3. The van der Waals surface area contributed by atoms with Gasteiger partial charge in [-0.1, -0.05) is 6.07 Å². The molecule has 0 spiro atoms. The molecule has 0 aliphatic carbocycles. The van der Waals surface area contributed by atoms with Crippen molar-refractivity contribution in [1.82, 2.24) is 4.98 Å². The lowest BCUT2D eigenvalue weighted by atomic mass is 10.0. The first kappa shape index (κ1) is 13.6. The van der Waals surface area contributed by atoms with Crippen molar-refractivity contribution in [2.45, 2.75) is 12.6 Å². The second kappa shape index (κ2) is 4.87. The summed E-state index contributed by atoms with van der Waals surface area (Å²) in [6.45, 7) is 0. The van der Waals surface area contributed by atoms with E-state index in [2.05, 4.69) is 15.3 Å². The largest absolute Gasteiger partial charge is 0.416 e. The van der Waals surface area contributed by atoms with Crippen LogP contribution in [0.4, 0.5) is 24.5 Å². The number of nitrogens with one attached hydrogen (secondary N) is 1. The van der Waals surface area contributed by atoms with E-state index in [9.17, 15) is 13.2 Å². The number of rotatable bonds is 2. The molecule has 1 N–H and O–H groups in total. The van der Waals surface area contributed by atoms with Crippen LogP contribution in [0.5, 0.6) is 0 Å². The van der Waals surface area contributed by atoms with Gasteiger partial charge in [0.2, 0.25) is 0 Å². The molecular weight excluding hydrogens is 279 g/mol. The van der Waals surface area contributed by atoms with Gasteiger partial charge in [0, 0.05) is 25.2 Å². The molecule has 3 nitrogen and oxygen atoms in total. The Bertz CT molecular complexity index is 720. The zero-order chi connectivity index (χ0) is 15.0. The van der Waals surface area contributed by atoms with Crippen LogP contribution < -0.4 is 5.32 Å². The maximum absolute atomic E-state index is 12.7. The van der Waals surface area contributed by atoms with E-state index in [1.54, 1.807) is 25.5 Å². The number of aromatic nitrogens is 1. The highest BCUT2D eigenvalue weighted by molar-refractivity contribution is 6.09. The predicted molar refractivity (Wildman–Crippen MR) is 75.1 cm³/mol. The summed E-state index contributed by atoms with van der Waals surface area (Å²) in [4.78, 5) is 8.37. The summed E-state index contributed by atoms with van der Waals surface area (Å²) in [5.41, 5.74) is 2.93. The van der Waals surface area contributed by atoms with Crippen molar-refractivity contribution >= 4 is 17.1 Å². The molecule has 0 bridgehead atoms. The van der Waals surface area contributed by atoms with Gasteiger partial charge in [-0.05, 0) is 23.8 Å². The molecule has 1 aromatic heterocycles. The number of hydrogen-bond donors (Lipinski definition) is 1. The van der Waals surface area contributed by atoms with E-state index in [0.29, 0.717) is 12.1 Å². The molecule has 2 aromatic rings. The second-order valence-electron chi connectivity index (χ2n) is 4.75. The second-order valence-corrected chi connectivity index (χ2v) is 4.75. The molecule has 1 aliphatic rings. The van der Waals surface area contributed by atoms with Crippen LogP contribution >= 0.6 is 0 Å². The Hall–Kier alpha value is -2.37. The van der Waals surface area contributed by atoms with Gasteiger partial charge in [-0.3, -0.25) is 9.98 Å². The van der Waals surface area contributed by atoms with Gasteiger partial charge in [-0.2, -0.15) is 13.2 Å². The number of anilines is 1. The smallest absolute Gasteiger partial charge is 0.386 e. The zero-order valence-corrected chi connectivity index (χ0v) is 11.2. The molecular formula is C15H12F3N3. The summed E-state index contributed by atoms with van der Waals surface area (Å²) in [6, 6.07) is 5.50. The van der Waals surface area contributed by atoms with Crippen LogP contribution in [0.1, 0.15) is 16.7 Å². The number of hydrogen-bond acceptors (Lipinski definition) is 3. The maximum Gasteiger partial charge on any atom is 0.416 e. The van der Waals surface area contributed by atoms with E-state index in [1.165, 1.54) is 6.07 Å². The minimum absolute atomic E-state index is 0.388. The van der Waals surface area contributed by atoms with Crippen LogP contribution in [0.2, 0.25) is 0 Å². The molecule has 1 aliphatic heterocycles. The van der Waals surface area contributed by atoms with Crippen molar-refractivity contribution in [3.63, 3.8) is 0 Å². The van der Waals surface area contributed by atoms with Gasteiger partial charge in [-0.15, -0.1) is 0 Å². The van der Waals surface area contributed by atoms with Crippen molar-refractivity contribution in [1.29, 1.82) is 0 Å². The Morgan fingerprint density at radius 1 is 1.19 bits per heavy atom. The number of pyridine rings is 1. The lowest BCUT2D eigenvalue weighted by molar-refractivity contribution is -0.137. The Labute approximate surface area is 119 Å². The van der Waals surface area contributed by atoms with E-state index in [1.807, 2.05) is 0 Å². The molecule has 2 heterocycles. The van der Waals surface area contributed by atoms with Crippen LogP contribution in [-0.4, -0.2) is 17.7 Å². The summed E-state index contributed by atoms with van der Waals surface area (Å²) in [7, 11) is 1.77. The van der Waals surface area contributed by atoms with Crippen molar-refractivity contribution < 1.29 is 13.2 Å². The third-order valence-corrected chi connectivity index (χ3v) is 3.43. The number of nitrogens with zero attached hydrogens (tertiary/aromatic N) is 2. The molecule has 0 saturated carbocycles. The van der Waals surface area contributed by atoms with Crippen LogP contribution in [0.15, 0.2) is 41.7 Å². The normalized spacial score (nSPS) is 13.8. The van der Waals surface area contributed by atoms with Gasteiger partial charge in [0.15, 0.2) is 0 Å². The summed E-state index contributed by atoms with van der Waals surface area (Å²) >= 11 is 0. The monoisotopic (exact) mass is 291 g/mol. The van der Waals surface area contributed by atoms with Gasteiger partial charge in [0.1, 0.15) is 0 Å². The first-order chi connectivity index (χ1) is 9.99. The maximum atomic E-state index is 12.7. The minimum Gasteiger partial charge on any atom is -0.386 e. The molecule has 0 atom stereocenters. The van der Waals surface area contributed by atoms with Crippen LogP contribution in [0.3, 0.4) is 0 Å². The van der Waals surface area contributed by atoms with E-state index in [4.69, 9.17) is 0 Å². The fourth-order valence-corrected chi connectivity index (χ4v) is 2.36. The van der Waals surface area contributed by atoms with Gasteiger partial charge in [0.25, 0.3) is 0 Å². The van der Waals surface area contributed by atoms with Crippen LogP contribution in [0.25, 0.3) is 0 Å². The van der Waals surface area contributed by atoms with Crippen molar-refractivity contribution in [2.75, 3.05) is 12.4 Å². The fraction of sp³-hybridized carbons (Fsp3) is 0.200. The van der Waals surface area contributed by atoms with E-state index in [0.717, 1.165) is 34.7 Å². The Morgan fingerprint density at radius 3 is 2.71 bits per heavy atom. The quantitative estimate of drug-likeness (QED) is 0.913. The Kier molecular flexibility index (Phi) is 3.16. The first-order valence-corrected chi connectivity index (χ1v) is 6.39. The summed E-state index contributed by atoms with van der Waals surface area (Å²) in [5.74, 6) is 0. The molecule has 0 radical (unpaired) electrons. The number of fused-ring (bicyclic) bond motifs is 1. The first-order valence-electron chi connectivity index (χ1n) is 6.39. The standard InChI is InChI=1S/C15H12F3N3/c1-19-14-8-20-5-4-11(14)13-6-9-2-3-10(15(16,17)18)7-12(9)21-13/h2-5,7-8,19H,6H2,1H3. The molecule has 6 heteroatoms. The van der Waals surface area contributed by atoms with Gasteiger partial charge in [0.05, 0.1) is 28.8 Å². The lowest BCUT2D eigenvalue weighted by Crippen LogP contribution is -2.05. The van der Waals surface area contributed by atoms with E-state index < -0.39 is 11.7 Å². The summed E-state index contributed by atoms with van der Waals surface area (Å²) in [6.07, 6.45) is -0.517. The average Bonchev–Trinajstić information content (AvgIpc) is 2.89. The number of benzene rings is 1. The number of aliphatic imine (C=N–C) groups is 1. The molecule has 1 aromatic carbocycles. The fourth-order valence-electron chi connectivity index (χ4n) is 2.36. The average molecular weight is 291 g/mol. The summed E-state index contributed by atoms with van der Waals surface area (Å²) in [5, 5.41) is 3.01. The SMILES string of the molecule is CNc1cnccc1C1=Nc2cc(C(F)(F)F)ccc2C1. The minimum atomic E-state index is -4.35.